The summed E-state index contributed by atoms with van der Waals surface area (Å²) < 4.78 is 0. The Morgan fingerprint density at radius 1 is 1.29 bits per heavy atom. The Hall–Kier alpha value is -1.69. The van der Waals surface area contributed by atoms with Crippen LogP contribution in [0.1, 0.15) is 17.5 Å². The zero-order valence-corrected chi connectivity index (χ0v) is 9.87. The highest BCUT2D eigenvalue weighted by atomic mass is 14.9. The van der Waals surface area contributed by atoms with E-state index in [1.807, 2.05) is 0 Å². The van der Waals surface area contributed by atoms with Crippen LogP contribution in [-0.2, 0) is 6.42 Å². The van der Waals surface area contributed by atoms with Gasteiger partial charge in [-0.3, -0.25) is 0 Å². The first-order chi connectivity index (χ1) is 8.36. The number of rotatable bonds is 1. The lowest BCUT2D eigenvalue weighted by Gasteiger charge is -2.15. The van der Waals surface area contributed by atoms with Crippen molar-refractivity contribution in [1.29, 1.82) is 5.26 Å². The molecule has 0 unspecified atom stereocenters. The molecule has 2 aliphatic rings. The van der Waals surface area contributed by atoms with E-state index in [0.29, 0.717) is 0 Å². The maximum Gasteiger partial charge on any atom is 0.271 e. The average molecular weight is 222 g/mol. The maximum atomic E-state index is 8.89. The van der Waals surface area contributed by atoms with Gasteiger partial charge in [-0.15, -0.1) is 0 Å². The van der Waals surface area contributed by atoms with Crippen LogP contribution < -0.4 is 5.32 Å². The SMILES string of the molecule is N#CB1CC=C(c2ccc3c(c2)CCN3)CC1. The number of hydrogen-bond donors (Lipinski definition) is 1. The quantitative estimate of drug-likeness (QED) is 0.741. The Bertz CT molecular complexity index is 513. The van der Waals surface area contributed by atoms with Crippen molar-refractivity contribution in [3.05, 3.63) is 35.4 Å². The van der Waals surface area contributed by atoms with Gasteiger partial charge in [-0.2, -0.15) is 0 Å². The van der Waals surface area contributed by atoms with Crippen LogP contribution in [0.3, 0.4) is 0 Å². The highest BCUT2D eigenvalue weighted by Gasteiger charge is 2.19. The molecule has 0 fully saturated rings. The van der Waals surface area contributed by atoms with E-state index in [1.54, 1.807) is 0 Å². The van der Waals surface area contributed by atoms with Crippen molar-refractivity contribution in [1.82, 2.24) is 0 Å². The molecule has 17 heavy (non-hydrogen) atoms. The molecule has 0 amide bonds. The third kappa shape index (κ3) is 1.96. The molecule has 0 radical (unpaired) electrons. The van der Waals surface area contributed by atoms with Crippen LogP contribution in [0.25, 0.3) is 5.57 Å². The molecule has 1 aromatic rings. The third-order valence-corrected chi connectivity index (χ3v) is 3.78. The monoisotopic (exact) mass is 222 g/mol. The van der Waals surface area contributed by atoms with E-state index in [1.165, 1.54) is 22.4 Å². The molecule has 0 atom stereocenters. The summed E-state index contributed by atoms with van der Waals surface area (Å²) in [7, 11) is 0. The molecule has 3 rings (SSSR count). The van der Waals surface area contributed by atoms with Crippen molar-refractivity contribution in [2.24, 2.45) is 0 Å². The van der Waals surface area contributed by atoms with E-state index in [9.17, 15) is 0 Å². The Labute approximate surface area is 102 Å². The summed E-state index contributed by atoms with van der Waals surface area (Å²) in [5.41, 5.74) is 5.50. The van der Waals surface area contributed by atoms with Gasteiger partial charge in [-0.05, 0) is 48.0 Å². The lowest BCUT2D eigenvalue weighted by molar-refractivity contribution is 1.10. The number of fused-ring (bicyclic) bond motifs is 1. The molecule has 0 saturated heterocycles. The zero-order chi connectivity index (χ0) is 11.7. The van der Waals surface area contributed by atoms with Crippen molar-refractivity contribution in [3.63, 3.8) is 0 Å². The highest BCUT2D eigenvalue weighted by Crippen LogP contribution is 2.31. The van der Waals surface area contributed by atoms with Crippen LogP contribution in [-0.4, -0.2) is 13.3 Å². The van der Waals surface area contributed by atoms with Gasteiger partial charge >= 0.3 is 0 Å². The first-order valence-electron chi connectivity index (χ1n) is 6.32. The lowest BCUT2D eigenvalue weighted by Crippen LogP contribution is -2.12. The van der Waals surface area contributed by atoms with Crippen LogP contribution in [0.2, 0.25) is 12.6 Å². The maximum absolute atomic E-state index is 8.89. The molecule has 0 aromatic heterocycles. The van der Waals surface area contributed by atoms with Gasteiger partial charge in [0.05, 0.1) is 0 Å². The standard InChI is InChI=1S/C14H15BN2/c16-10-15-6-3-11(4-7-15)12-1-2-14-13(9-12)5-8-17-14/h1-3,9,17H,4-8H2. The van der Waals surface area contributed by atoms with Crippen LogP contribution in [0, 0.1) is 11.2 Å². The van der Waals surface area contributed by atoms with E-state index in [2.05, 4.69) is 35.6 Å². The van der Waals surface area contributed by atoms with Gasteiger partial charge in [0.1, 0.15) is 0 Å². The number of allylic oxidation sites excluding steroid dienone is 2. The number of hydrogen-bond acceptors (Lipinski definition) is 2. The van der Waals surface area contributed by atoms with E-state index in [0.717, 1.165) is 32.0 Å². The zero-order valence-electron chi connectivity index (χ0n) is 9.87. The lowest BCUT2D eigenvalue weighted by atomic mass is 9.43. The molecule has 3 heteroatoms. The van der Waals surface area contributed by atoms with Gasteiger partial charge in [0.15, 0.2) is 0 Å². The van der Waals surface area contributed by atoms with Crippen molar-refractivity contribution < 1.29 is 0 Å². The topological polar surface area (TPSA) is 35.8 Å². The van der Waals surface area contributed by atoms with E-state index in [4.69, 9.17) is 5.26 Å². The van der Waals surface area contributed by atoms with Crippen LogP contribution >= 0.6 is 0 Å². The summed E-state index contributed by atoms with van der Waals surface area (Å²) in [6.07, 6.45) is 6.36. The summed E-state index contributed by atoms with van der Waals surface area (Å²) in [4.78, 5) is 0. The van der Waals surface area contributed by atoms with Crippen LogP contribution in [0.4, 0.5) is 5.69 Å². The predicted octanol–water partition coefficient (Wildman–Crippen LogP) is 3.00. The number of nitriles is 1. The van der Waals surface area contributed by atoms with E-state index < -0.39 is 0 Å². The molecule has 1 N–H and O–H groups in total. The van der Waals surface area contributed by atoms with Crippen molar-refractivity contribution >= 4 is 18.0 Å². The molecule has 84 valence electrons. The summed E-state index contributed by atoms with van der Waals surface area (Å²) in [6.45, 7) is 1.30. The van der Waals surface area contributed by atoms with Gasteiger partial charge in [0, 0.05) is 18.2 Å². The van der Waals surface area contributed by atoms with Gasteiger partial charge in [-0.25, -0.2) is 5.26 Å². The first kappa shape index (κ1) is 10.5. The summed E-state index contributed by atoms with van der Waals surface area (Å²) >= 11 is 0. The fourth-order valence-electron chi connectivity index (χ4n) is 2.72. The summed E-state index contributed by atoms with van der Waals surface area (Å²) in [5, 5.41) is 12.3. The second-order valence-electron chi connectivity index (χ2n) is 4.88. The van der Waals surface area contributed by atoms with E-state index in [-0.39, 0.29) is 6.71 Å². The summed E-state index contributed by atoms with van der Waals surface area (Å²) in [6, 6.07) is 6.71. The Morgan fingerprint density at radius 2 is 2.24 bits per heavy atom. The van der Waals surface area contributed by atoms with Gasteiger partial charge in [0.25, 0.3) is 6.71 Å². The number of nitrogens with zero attached hydrogens (tertiary/aromatic N) is 1. The van der Waals surface area contributed by atoms with Crippen LogP contribution in [0.5, 0.6) is 0 Å². The van der Waals surface area contributed by atoms with Gasteiger partial charge in [-0.1, -0.05) is 18.5 Å². The minimum Gasteiger partial charge on any atom is -0.384 e. The van der Waals surface area contributed by atoms with E-state index >= 15 is 0 Å². The first-order valence-corrected chi connectivity index (χ1v) is 6.32. The fraction of sp³-hybridized carbons (Fsp3) is 0.357. The number of nitrogens with one attached hydrogen (secondary N) is 1. The molecule has 2 nitrogen and oxygen atoms in total. The molecule has 1 aromatic carbocycles. The van der Waals surface area contributed by atoms with Gasteiger partial charge in [0.2, 0.25) is 0 Å². The second kappa shape index (κ2) is 4.29. The smallest absolute Gasteiger partial charge is 0.271 e. The largest absolute Gasteiger partial charge is 0.384 e. The second-order valence-corrected chi connectivity index (χ2v) is 4.88. The van der Waals surface area contributed by atoms with Gasteiger partial charge < -0.3 is 5.32 Å². The Kier molecular flexibility index (Phi) is 2.64. The normalized spacial score (nSPS) is 18.1. The minimum absolute atomic E-state index is 0.231. The molecule has 2 heterocycles. The van der Waals surface area contributed by atoms with Crippen molar-refractivity contribution in [3.8, 4) is 5.97 Å². The highest BCUT2D eigenvalue weighted by molar-refractivity contribution is 6.67. The van der Waals surface area contributed by atoms with Crippen LogP contribution in [0.15, 0.2) is 24.3 Å². The molecular weight excluding hydrogens is 207 g/mol. The number of anilines is 1. The minimum atomic E-state index is 0.231. The summed E-state index contributed by atoms with van der Waals surface area (Å²) in [5.74, 6) is 2.36. The number of benzene rings is 1. The Morgan fingerprint density at radius 3 is 3.00 bits per heavy atom. The molecule has 0 spiro atoms. The molecule has 0 aliphatic carbocycles. The van der Waals surface area contributed by atoms with Crippen molar-refractivity contribution in [2.45, 2.75) is 25.5 Å². The Balaban J connectivity index is 1.86. The molecule has 0 bridgehead atoms. The third-order valence-electron chi connectivity index (χ3n) is 3.78. The average Bonchev–Trinajstić information content (AvgIpc) is 2.86. The predicted molar refractivity (Wildman–Crippen MR) is 72.2 cm³/mol. The molecular formula is C14H15BN2. The molecule has 0 saturated carbocycles. The fourth-order valence-corrected chi connectivity index (χ4v) is 2.72. The van der Waals surface area contributed by atoms with Crippen molar-refractivity contribution in [2.75, 3.05) is 11.9 Å². The molecule has 2 aliphatic heterocycles.